The highest BCUT2D eigenvalue weighted by Crippen LogP contribution is 2.30. The van der Waals surface area contributed by atoms with Crippen molar-refractivity contribution in [3.05, 3.63) is 60.2 Å². The number of hydrogen-bond acceptors (Lipinski definition) is 3. The molecule has 1 aliphatic rings. The van der Waals surface area contributed by atoms with Crippen LogP contribution in [0, 0.1) is 5.92 Å². The van der Waals surface area contributed by atoms with Gasteiger partial charge < -0.3 is 15.4 Å². The Hall–Kier alpha value is -2.82. The molecular weight excluding hydrogens is 340 g/mol. The Bertz CT molecular complexity index is 772. The first-order valence-electron chi connectivity index (χ1n) is 9.51. The zero-order valence-electron chi connectivity index (χ0n) is 15.6. The molecule has 142 valence electrons. The molecule has 1 aliphatic carbocycles. The molecule has 2 aromatic carbocycles. The number of benzene rings is 2. The van der Waals surface area contributed by atoms with E-state index in [1.54, 1.807) is 18.2 Å². The van der Waals surface area contributed by atoms with Gasteiger partial charge in [0.25, 0.3) is 5.91 Å². The molecule has 1 saturated carbocycles. The lowest BCUT2D eigenvalue weighted by Crippen LogP contribution is -2.32. The number of carbonyl (C=O) groups excluding carboxylic acids is 2. The van der Waals surface area contributed by atoms with E-state index in [1.807, 2.05) is 24.3 Å². The first-order valence-corrected chi connectivity index (χ1v) is 9.51. The van der Waals surface area contributed by atoms with Crippen LogP contribution in [0.25, 0.3) is 0 Å². The number of rotatable bonds is 9. The van der Waals surface area contributed by atoms with Gasteiger partial charge in [-0.2, -0.15) is 0 Å². The van der Waals surface area contributed by atoms with E-state index in [1.165, 1.54) is 5.56 Å². The average molecular weight is 366 g/mol. The highest BCUT2D eigenvalue weighted by molar-refractivity contribution is 5.94. The number of ether oxygens (including phenoxy) is 1. The first kappa shape index (κ1) is 19.0. The summed E-state index contributed by atoms with van der Waals surface area (Å²) in [6.45, 7) is 2.65. The van der Waals surface area contributed by atoms with Gasteiger partial charge in [-0.25, -0.2) is 0 Å². The van der Waals surface area contributed by atoms with Crippen LogP contribution >= 0.6 is 0 Å². The molecule has 27 heavy (non-hydrogen) atoms. The summed E-state index contributed by atoms with van der Waals surface area (Å²) >= 11 is 0. The molecule has 0 spiro atoms. The molecular formula is C22H26N2O3. The molecule has 0 aliphatic heterocycles. The molecule has 0 saturated heterocycles. The highest BCUT2D eigenvalue weighted by Gasteiger charge is 2.29. The summed E-state index contributed by atoms with van der Waals surface area (Å²) in [5.74, 6) is 0.898. The zero-order valence-corrected chi connectivity index (χ0v) is 15.6. The van der Waals surface area contributed by atoms with Gasteiger partial charge in [-0.05, 0) is 37.0 Å². The van der Waals surface area contributed by atoms with Crippen molar-refractivity contribution >= 4 is 17.5 Å². The zero-order chi connectivity index (χ0) is 19.1. The second-order valence-electron chi connectivity index (χ2n) is 6.90. The van der Waals surface area contributed by atoms with Crippen LogP contribution < -0.4 is 15.4 Å². The van der Waals surface area contributed by atoms with E-state index in [2.05, 4.69) is 29.7 Å². The fraction of sp³-hybridized carbons (Fsp3) is 0.364. The smallest absolute Gasteiger partial charge is 0.257 e. The van der Waals surface area contributed by atoms with E-state index in [4.69, 9.17) is 4.74 Å². The second-order valence-corrected chi connectivity index (χ2v) is 6.90. The van der Waals surface area contributed by atoms with Crippen molar-refractivity contribution in [3.8, 4) is 5.75 Å². The summed E-state index contributed by atoms with van der Waals surface area (Å²) in [6, 6.07) is 17.3. The number of hydrogen-bond donors (Lipinski definition) is 2. The quantitative estimate of drug-likeness (QED) is 0.711. The Morgan fingerprint density at radius 3 is 2.59 bits per heavy atom. The Morgan fingerprint density at radius 2 is 1.89 bits per heavy atom. The highest BCUT2D eigenvalue weighted by atomic mass is 16.5. The van der Waals surface area contributed by atoms with Crippen molar-refractivity contribution in [3.63, 3.8) is 0 Å². The van der Waals surface area contributed by atoms with Crippen LogP contribution in [-0.4, -0.2) is 25.0 Å². The van der Waals surface area contributed by atoms with Crippen LogP contribution in [0.15, 0.2) is 54.6 Å². The summed E-state index contributed by atoms with van der Waals surface area (Å²) in [6.07, 6.45) is 2.88. The van der Waals surface area contributed by atoms with Gasteiger partial charge in [-0.3, -0.25) is 9.59 Å². The SMILES string of the molecule is CCC(CNC(=O)COc1cccc(NC(=O)C2CC2)c1)c1ccccc1. The Kier molecular flexibility index (Phi) is 6.47. The molecule has 2 N–H and O–H groups in total. The number of carbonyl (C=O) groups is 2. The van der Waals surface area contributed by atoms with Gasteiger partial charge in [-0.15, -0.1) is 0 Å². The van der Waals surface area contributed by atoms with Crippen molar-refractivity contribution in [2.75, 3.05) is 18.5 Å². The van der Waals surface area contributed by atoms with Crippen LogP contribution in [0.5, 0.6) is 5.75 Å². The van der Waals surface area contributed by atoms with Crippen LogP contribution in [0.4, 0.5) is 5.69 Å². The Balaban J connectivity index is 1.45. The second kappa shape index (κ2) is 9.21. The Labute approximate surface area is 160 Å². The summed E-state index contributed by atoms with van der Waals surface area (Å²) in [5.41, 5.74) is 1.92. The monoisotopic (exact) mass is 366 g/mol. The minimum Gasteiger partial charge on any atom is -0.484 e. The lowest BCUT2D eigenvalue weighted by Gasteiger charge is -2.16. The predicted molar refractivity (Wildman–Crippen MR) is 106 cm³/mol. The fourth-order valence-electron chi connectivity index (χ4n) is 2.91. The molecule has 0 bridgehead atoms. The van der Waals surface area contributed by atoms with Crippen molar-refractivity contribution in [1.82, 2.24) is 5.32 Å². The van der Waals surface area contributed by atoms with E-state index >= 15 is 0 Å². The summed E-state index contributed by atoms with van der Waals surface area (Å²) in [7, 11) is 0. The molecule has 0 radical (unpaired) electrons. The van der Waals surface area contributed by atoms with Crippen molar-refractivity contribution in [2.45, 2.75) is 32.1 Å². The van der Waals surface area contributed by atoms with Crippen LogP contribution in [0.2, 0.25) is 0 Å². The molecule has 2 aromatic rings. The van der Waals surface area contributed by atoms with Gasteiger partial charge in [0.05, 0.1) is 0 Å². The lowest BCUT2D eigenvalue weighted by molar-refractivity contribution is -0.123. The van der Waals surface area contributed by atoms with Crippen molar-refractivity contribution in [2.24, 2.45) is 5.92 Å². The summed E-state index contributed by atoms with van der Waals surface area (Å²) < 4.78 is 5.57. The van der Waals surface area contributed by atoms with Crippen LogP contribution in [0.3, 0.4) is 0 Å². The minimum absolute atomic E-state index is 0.0503. The third-order valence-corrected chi connectivity index (χ3v) is 4.73. The third kappa shape index (κ3) is 5.84. The maximum Gasteiger partial charge on any atom is 0.257 e. The third-order valence-electron chi connectivity index (χ3n) is 4.73. The standard InChI is InChI=1S/C22H26N2O3/c1-2-16(17-7-4-3-5-8-17)14-23-21(25)15-27-20-10-6-9-19(13-20)24-22(26)18-11-12-18/h3-10,13,16,18H,2,11-12,14-15H2,1H3,(H,23,25)(H,24,26). The number of anilines is 1. The number of nitrogens with one attached hydrogen (secondary N) is 2. The van der Waals surface area contributed by atoms with E-state index < -0.39 is 0 Å². The van der Waals surface area contributed by atoms with Crippen molar-refractivity contribution in [1.29, 1.82) is 0 Å². The van der Waals surface area contributed by atoms with Crippen molar-refractivity contribution < 1.29 is 14.3 Å². The van der Waals surface area contributed by atoms with Gasteiger partial charge >= 0.3 is 0 Å². The molecule has 5 heteroatoms. The maximum absolute atomic E-state index is 12.1. The van der Waals surface area contributed by atoms with Gasteiger partial charge in [0, 0.05) is 30.1 Å². The van der Waals surface area contributed by atoms with Gasteiger partial charge in [0.2, 0.25) is 5.91 Å². The molecule has 1 fully saturated rings. The normalized spacial score (nSPS) is 14.3. The lowest BCUT2D eigenvalue weighted by atomic mass is 9.96. The molecule has 1 atom stereocenters. The van der Waals surface area contributed by atoms with Gasteiger partial charge in [-0.1, -0.05) is 43.3 Å². The minimum atomic E-state index is -0.156. The predicted octanol–water partition coefficient (Wildman–Crippen LogP) is 3.72. The van der Waals surface area contributed by atoms with E-state index in [9.17, 15) is 9.59 Å². The van der Waals surface area contributed by atoms with Gasteiger partial charge in [0.15, 0.2) is 6.61 Å². The van der Waals surface area contributed by atoms with Crippen LogP contribution in [-0.2, 0) is 9.59 Å². The van der Waals surface area contributed by atoms with E-state index in [-0.39, 0.29) is 30.3 Å². The summed E-state index contributed by atoms with van der Waals surface area (Å²) in [4.78, 5) is 24.0. The molecule has 0 heterocycles. The number of amides is 2. The average Bonchev–Trinajstić information content (AvgIpc) is 3.53. The Morgan fingerprint density at radius 1 is 1.11 bits per heavy atom. The molecule has 5 nitrogen and oxygen atoms in total. The largest absolute Gasteiger partial charge is 0.484 e. The maximum atomic E-state index is 12.1. The van der Waals surface area contributed by atoms with Gasteiger partial charge in [0.1, 0.15) is 5.75 Å². The molecule has 0 aromatic heterocycles. The fourth-order valence-corrected chi connectivity index (χ4v) is 2.91. The van der Waals surface area contributed by atoms with E-state index in [0.717, 1.165) is 19.3 Å². The molecule has 2 amide bonds. The molecule has 3 rings (SSSR count). The summed E-state index contributed by atoms with van der Waals surface area (Å²) in [5, 5.41) is 5.82. The van der Waals surface area contributed by atoms with E-state index in [0.29, 0.717) is 18.0 Å². The molecule has 1 unspecified atom stereocenters. The van der Waals surface area contributed by atoms with Crippen LogP contribution in [0.1, 0.15) is 37.7 Å². The topological polar surface area (TPSA) is 67.4 Å². The first-order chi connectivity index (χ1) is 13.2.